The minimum atomic E-state index is -0.560. The first-order chi connectivity index (χ1) is 12.4. The quantitative estimate of drug-likeness (QED) is 0.483. The number of nitro benzene ring substituents is 1. The van der Waals surface area contributed by atoms with Gasteiger partial charge in [-0.3, -0.25) is 19.6 Å². The zero-order valence-corrected chi connectivity index (χ0v) is 15.1. The Balaban J connectivity index is 1.74. The molecule has 0 aliphatic carbocycles. The molecule has 1 aromatic carbocycles. The van der Waals surface area contributed by atoms with Crippen LogP contribution in [0.3, 0.4) is 0 Å². The van der Waals surface area contributed by atoms with E-state index in [1.54, 1.807) is 34.0 Å². The smallest absolute Gasteiger partial charge is 0.276 e. The molecule has 0 saturated carbocycles. The van der Waals surface area contributed by atoms with E-state index in [4.69, 9.17) is 4.74 Å². The highest BCUT2D eigenvalue weighted by Crippen LogP contribution is 2.26. The highest BCUT2D eigenvalue weighted by molar-refractivity contribution is 9.10. The van der Waals surface area contributed by atoms with Gasteiger partial charge in [0.25, 0.3) is 11.6 Å². The molecule has 0 spiro atoms. The summed E-state index contributed by atoms with van der Waals surface area (Å²) >= 11 is 3.30. The van der Waals surface area contributed by atoms with Gasteiger partial charge in [0.15, 0.2) is 5.69 Å². The molecule has 2 aromatic heterocycles. The predicted molar refractivity (Wildman–Crippen MR) is 95.2 cm³/mol. The third-order valence-electron chi connectivity index (χ3n) is 3.36. The predicted octanol–water partition coefficient (Wildman–Crippen LogP) is 2.52. The van der Waals surface area contributed by atoms with Crippen LogP contribution in [0.1, 0.15) is 10.5 Å². The lowest BCUT2D eigenvalue weighted by Gasteiger charge is -2.06. The summed E-state index contributed by atoms with van der Waals surface area (Å²) in [6.45, 7) is 0.337. The molecule has 11 heteroatoms. The lowest BCUT2D eigenvalue weighted by molar-refractivity contribution is -0.384. The fourth-order valence-corrected chi connectivity index (χ4v) is 2.53. The van der Waals surface area contributed by atoms with Crippen LogP contribution >= 0.6 is 15.9 Å². The number of ether oxygens (including phenoxy) is 1. The first kappa shape index (κ1) is 17.6. The number of aromatic nitrogens is 4. The van der Waals surface area contributed by atoms with Crippen molar-refractivity contribution in [2.24, 2.45) is 0 Å². The van der Waals surface area contributed by atoms with E-state index in [1.165, 1.54) is 25.3 Å². The fourth-order valence-electron chi connectivity index (χ4n) is 2.20. The monoisotopic (exact) mass is 420 g/mol. The summed E-state index contributed by atoms with van der Waals surface area (Å²) in [6, 6.07) is 5.55. The molecule has 0 radical (unpaired) electrons. The lowest BCUT2D eigenvalue weighted by atomic mass is 10.2. The second kappa shape index (κ2) is 7.35. The molecule has 2 heterocycles. The van der Waals surface area contributed by atoms with E-state index >= 15 is 0 Å². The molecule has 3 rings (SSSR count). The molecule has 0 aliphatic heterocycles. The summed E-state index contributed by atoms with van der Waals surface area (Å²) in [5.41, 5.74) is 0.225. The van der Waals surface area contributed by atoms with Crippen molar-refractivity contribution in [1.82, 2.24) is 19.6 Å². The molecule has 10 nitrogen and oxygen atoms in total. The van der Waals surface area contributed by atoms with Gasteiger partial charge in [-0.05, 0) is 22.0 Å². The van der Waals surface area contributed by atoms with E-state index in [0.717, 1.165) is 4.47 Å². The molecule has 1 N–H and O–H groups in total. The molecule has 0 fully saturated rings. The average Bonchev–Trinajstić information content (AvgIpc) is 3.24. The first-order valence-electron chi connectivity index (χ1n) is 7.31. The summed E-state index contributed by atoms with van der Waals surface area (Å²) in [4.78, 5) is 22.7. The highest BCUT2D eigenvalue weighted by Gasteiger charge is 2.15. The maximum atomic E-state index is 12.3. The number of nitro groups is 1. The van der Waals surface area contributed by atoms with E-state index in [2.05, 4.69) is 31.4 Å². The molecule has 26 heavy (non-hydrogen) atoms. The van der Waals surface area contributed by atoms with Crippen LogP contribution in [0.5, 0.6) is 5.75 Å². The summed E-state index contributed by atoms with van der Waals surface area (Å²) in [5.74, 6) is -0.225. The van der Waals surface area contributed by atoms with Crippen molar-refractivity contribution in [2.45, 2.75) is 6.67 Å². The number of halogens is 1. The van der Waals surface area contributed by atoms with E-state index < -0.39 is 10.8 Å². The van der Waals surface area contributed by atoms with Gasteiger partial charge in [0.05, 0.1) is 34.5 Å². The van der Waals surface area contributed by atoms with Crippen LogP contribution in [-0.4, -0.2) is 37.5 Å². The van der Waals surface area contributed by atoms with Crippen molar-refractivity contribution in [1.29, 1.82) is 0 Å². The number of hydrogen-bond donors (Lipinski definition) is 1. The molecule has 0 saturated heterocycles. The Bertz CT molecular complexity index is 967. The Morgan fingerprint density at radius 1 is 1.38 bits per heavy atom. The van der Waals surface area contributed by atoms with Gasteiger partial charge in [0, 0.05) is 24.5 Å². The SMILES string of the molecule is COc1cc(NC(=O)c2ccn(Cn3cc(Br)cn3)n2)cc([N+](=O)[O-])c1. The largest absolute Gasteiger partial charge is 0.496 e. The molecular weight excluding hydrogens is 408 g/mol. The van der Waals surface area contributed by atoms with Gasteiger partial charge in [-0.1, -0.05) is 0 Å². The van der Waals surface area contributed by atoms with Gasteiger partial charge in [0.1, 0.15) is 12.4 Å². The van der Waals surface area contributed by atoms with Crippen LogP contribution in [0, 0.1) is 10.1 Å². The molecule has 0 aliphatic rings. The average molecular weight is 421 g/mol. The Morgan fingerprint density at radius 2 is 2.19 bits per heavy atom. The van der Waals surface area contributed by atoms with Crippen molar-refractivity contribution < 1.29 is 14.5 Å². The van der Waals surface area contributed by atoms with Crippen LogP contribution in [0.4, 0.5) is 11.4 Å². The summed E-state index contributed by atoms with van der Waals surface area (Å²) < 4.78 is 9.04. The zero-order chi connectivity index (χ0) is 18.7. The van der Waals surface area contributed by atoms with Crippen molar-refractivity contribution in [3.8, 4) is 5.75 Å². The summed E-state index contributed by atoms with van der Waals surface area (Å²) in [7, 11) is 1.39. The van der Waals surface area contributed by atoms with Crippen LogP contribution in [-0.2, 0) is 6.67 Å². The molecule has 3 aromatic rings. The molecule has 0 bridgehead atoms. The minimum Gasteiger partial charge on any atom is -0.496 e. The number of nitrogens with one attached hydrogen (secondary N) is 1. The second-order valence-corrected chi connectivity index (χ2v) is 6.13. The van der Waals surface area contributed by atoms with Crippen LogP contribution < -0.4 is 10.1 Å². The van der Waals surface area contributed by atoms with E-state index in [0.29, 0.717) is 6.67 Å². The number of benzene rings is 1. The molecule has 1 amide bonds. The van der Waals surface area contributed by atoms with Crippen molar-refractivity contribution >= 4 is 33.2 Å². The van der Waals surface area contributed by atoms with Gasteiger partial charge in [-0.15, -0.1) is 0 Å². The normalized spacial score (nSPS) is 10.5. The first-order valence-corrected chi connectivity index (χ1v) is 8.10. The number of anilines is 1. The summed E-state index contributed by atoms with van der Waals surface area (Å²) in [6.07, 6.45) is 5.06. The minimum absolute atomic E-state index is 0.168. The number of non-ortho nitro benzene ring substituents is 1. The topological polar surface area (TPSA) is 117 Å². The Labute approximate surface area is 155 Å². The fraction of sp³-hybridized carbons (Fsp3) is 0.133. The second-order valence-electron chi connectivity index (χ2n) is 5.21. The molecule has 0 unspecified atom stereocenters. The highest BCUT2D eigenvalue weighted by atomic mass is 79.9. The number of hydrogen-bond acceptors (Lipinski definition) is 6. The number of rotatable bonds is 6. The Morgan fingerprint density at radius 3 is 2.85 bits per heavy atom. The van der Waals surface area contributed by atoms with Crippen molar-refractivity contribution in [2.75, 3.05) is 12.4 Å². The number of carbonyl (C=O) groups excluding carboxylic acids is 1. The number of carbonyl (C=O) groups is 1. The Hall–Kier alpha value is -3.21. The maximum absolute atomic E-state index is 12.3. The number of amides is 1. The van der Waals surface area contributed by atoms with Crippen LogP contribution in [0.25, 0.3) is 0 Å². The van der Waals surface area contributed by atoms with E-state index in [1.807, 2.05) is 0 Å². The number of methoxy groups -OCH3 is 1. The van der Waals surface area contributed by atoms with Gasteiger partial charge < -0.3 is 10.1 Å². The van der Waals surface area contributed by atoms with E-state index in [-0.39, 0.29) is 22.8 Å². The van der Waals surface area contributed by atoms with Gasteiger partial charge in [-0.2, -0.15) is 10.2 Å². The maximum Gasteiger partial charge on any atom is 0.276 e. The van der Waals surface area contributed by atoms with Gasteiger partial charge in [0.2, 0.25) is 0 Å². The number of nitrogens with zero attached hydrogens (tertiary/aromatic N) is 5. The molecule has 134 valence electrons. The van der Waals surface area contributed by atoms with Crippen LogP contribution in [0.2, 0.25) is 0 Å². The zero-order valence-electron chi connectivity index (χ0n) is 13.5. The third kappa shape index (κ3) is 4.06. The Kier molecular flexibility index (Phi) is 4.98. The van der Waals surface area contributed by atoms with Gasteiger partial charge in [-0.25, -0.2) is 4.68 Å². The van der Waals surface area contributed by atoms with Crippen LogP contribution in [0.15, 0.2) is 47.3 Å². The lowest BCUT2D eigenvalue weighted by Crippen LogP contribution is -2.15. The van der Waals surface area contributed by atoms with Crippen molar-refractivity contribution in [3.63, 3.8) is 0 Å². The van der Waals surface area contributed by atoms with Gasteiger partial charge >= 0.3 is 0 Å². The van der Waals surface area contributed by atoms with Crippen molar-refractivity contribution in [3.05, 3.63) is 63.1 Å². The van der Waals surface area contributed by atoms with E-state index in [9.17, 15) is 14.9 Å². The third-order valence-corrected chi connectivity index (χ3v) is 3.77. The molecular formula is C15H13BrN6O4. The summed E-state index contributed by atoms with van der Waals surface area (Å²) in [5, 5.41) is 21.8. The standard InChI is InChI=1S/C15H13BrN6O4/c1-26-13-5-11(4-12(6-13)22(24)25)18-15(23)14-2-3-20(19-14)9-21-8-10(16)7-17-21/h2-8H,9H2,1H3,(H,18,23). The molecule has 0 atom stereocenters.